The molecule has 0 spiro atoms. The van der Waals surface area contributed by atoms with Crippen LogP contribution in [0.1, 0.15) is 24.8 Å². The lowest BCUT2D eigenvalue weighted by atomic mass is 10.2. The third kappa shape index (κ3) is 4.57. The fraction of sp³-hybridized carbons (Fsp3) is 0.500. The number of hydrogen-bond donors (Lipinski definition) is 1. The number of carbonyl (C=O) groups excluding carboxylic acids is 1. The number of rotatable bonds is 7. The van der Waals surface area contributed by atoms with Gasteiger partial charge in [-0.1, -0.05) is 30.3 Å². The van der Waals surface area contributed by atoms with Crippen molar-refractivity contribution in [1.29, 1.82) is 0 Å². The second kappa shape index (κ2) is 6.40. The van der Waals surface area contributed by atoms with Crippen molar-refractivity contribution in [3.63, 3.8) is 0 Å². The second-order valence-corrected chi connectivity index (χ2v) is 4.46. The molecule has 1 fully saturated rings. The first-order valence-electron chi connectivity index (χ1n) is 6.27. The summed E-state index contributed by atoms with van der Waals surface area (Å²) >= 11 is 0. The number of hydrogen-bond acceptors (Lipinski definition) is 3. The summed E-state index contributed by atoms with van der Waals surface area (Å²) in [4.78, 5) is 11.2. The van der Waals surface area contributed by atoms with Crippen LogP contribution in [0.15, 0.2) is 30.3 Å². The molecule has 0 atom stereocenters. The van der Waals surface area contributed by atoms with E-state index >= 15 is 0 Å². The summed E-state index contributed by atoms with van der Waals surface area (Å²) in [6.07, 6.45) is 2.92. The zero-order valence-corrected chi connectivity index (χ0v) is 10.0. The van der Waals surface area contributed by atoms with E-state index in [0.29, 0.717) is 6.61 Å². The summed E-state index contributed by atoms with van der Waals surface area (Å²) in [7, 11) is 0. The smallest absolute Gasteiger partial charge is 0.308 e. The van der Waals surface area contributed by atoms with Crippen LogP contribution in [0, 0.1) is 5.92 Å². The molecule has 1 aliphatic rings. The van der Waals surface area contributed by atoms with E-state index in [9.17, 15) is 4.79 Å². The van der Waals surface area contributed by atoms with Crippen LogP contribution in [-0.4, -0.2) is 19.1 Å². The van der Waals surface area contributed by atoms with Gasteiger partial charge in [0.1, 0.15) is 0 Å². The van der Waals surface area contributed by atoms with Crippen LogP contribution in [0.25, 0.3) is 0 Å². The molecule has 0 aromatic heterocycles. The number of ether oxygens (including phenoxy) is 1. The zero-order valence-electron chi connectivity index (χ0n) is 10.0. The van der Waals surface area contributed by atoms with Crippen molar-refractivity contribution < 1.29 is 9.53 Å². The van der Waals surface area contributed by atoms with Gasteiger partial charge >= 0.3 is 5.97 Å². The van der Waals surface area contributed by atoms with Crippen LogP contribution in [0.5, 0.6) is 0 Å². The summed E-state index contributed by atoms with van der Waals surface area (Å²) in [6.45, 7) is 2.29. The summed E-state index contributed by atoms with van der Waals surface area (Å²) < 4.78 is 5.14. The van der Waals surface area contributed by atoms with Gasteiger partial charge in [0.15, 0.2) is 0 Å². The zero-order chi connectivity index (χ0) is 11.9. The molecule has 1 aromatic rings. The molecule has 0 bridgehead atoms. The molecule has 1 saturated carbocycles. The van der Waals surface area contributed by atoms with E-state index in [1.54, 1.807) is 0 Å². The number of esters is 1. The molecule has 3 nitrogen and oxygen atoms in total. The first-order valence-corrected chi connectivity index (χ1v) is 6.27. The number of carbonyl (C=O) groups is 1. The Kier molecular flexibility index (Phi) is 4.56. The first-order chi connectivity index (χ1) is 8.36. The highest BCUT2D eigenvalue weighted by atomic mass is 16.5. The Balaban J connectivity index is 1.47. The molecule has 92 valence electrons. The molecule has 1 N–H and O–H groups in total. The van der Waals surface area contributed by atoms with Gasteiger partial charge in [-0.25, -0.2) is 0 Å². The van der Waals surface area contributed by atoms with Crippen LogP contribution < -0.4 is 5.32 Å². The van der Waals surface area contributed by atoms with E-state index in [1.807, 2.05) is 18.2 Å². The molecule has 2 rings (SSSR count). The van der Waals surface area contributed by atoms with Gasteiger partial charge in [0, 0.05) is 6.54 Å². The Labute approximate surface area is 102 Å². The van der Waals surface area contributed by atoms with E-state index in [2.05, 4.69) is 17.4 Å². The van der Waals surface area contributed by atoms with Crippen LogP contribution >= 0.6 is 0 Å². The van der Waals surface area contributed by atoms with Crippen molar-refractivity contribution in [1.82, 2.24) is 5.32 Å². The lowest BCUT2D eigenvalue weighted by Crippen LogP contribution is -2.17. The SMILES string of the molecule is O=C(OCCCNCc1ccccc1)C1CC1. The highest BCUT2D eigenvalue weighted by molar-refractivity contribution is 5.74. The van der Waals surface area contributed by atoms with Crippen LogP contribution in [0.2, 0.25) is 0 Å². The van der Waals surface area contributed by atoms with E-state index in [1.165, 1.54) is 5.56 Å². The van der Waals surface area contributed by atoms with Gasteiger partial charge in [-0.15, -0.1) is 0 Å². The van der Waals surface area contributed by atoms with Gasteiger partial charge < -0.3 is 10.1 Å². The summed E-state index contributed by atoms with van der Waals surface area (Å²) in [5.41, 5.74) is 1.28. The minimum atomic E-state index is -0.00643. The van der Waals surface area contributed by atoms with Crippen LogP contribution in [0.4, 0.5) is 0 Å². The molecule has 0 amide bonds. The predicted molar refractivity (Wildman–Crippen MR) is 66.4 cm³/mol. The van der Waals surface area contributed by atoms with Gasteiger partial charge in [-0.2, -0.15) is 0 Å². The minimum Gasteiger partial charge on any atom is -0.465 e. The molecule has 0 heterocycles. The molecular formula is C14H19NO2. The van der Waals surface area contributed by atoms with Gasteiger partial charge in [0.2, 0.25) is 0 Å². The topological polar surface area (TPSA) is 38.3 Å². The molecule has 1 aliphatic carbocycles. The Morgan fingerprint density at radius 2 is 2.06 bits per heavy atom. The lowest BCUT2D eigenvalue weighted by Gasteiger charge is -2.05. The normalized spacial score (nSPS) is 14.6. The van der Waals surface area contributed by atoms with E-state index < -0.39 is 0 Å². The average molecular weight is 233 g/mol. The van der Waals surface area contributed by atoms with Gasteiger partial charge in [0.05, 0.1) is 12.5 Å². The maximum absolute atomic E-state index is 11.2. The van der Waals surface area contributed by atoms with Crippen molar-refractivity contribution in [2.45, 2.75) is 25.8 Å². The van der Waals surface area contributed by atoms with Crippen molar-refractivity contribution >= 4 is 5.97 Å². The monoisotopic (exact) mass is 233 g/mol. The van der Waals surface area contributed by atoms with Gasteiger partial charge in [-0.3, -0.25) is 4.79 Å². The first kappa shape index (κ1) is 12.1. The Hall–Kier alpha value is -1.35. The largest absolute Gasteiger partial charge is 0.465 e. The average Bonchev–Trinajstić information content (AvgIpc) is 3.19. The summed E-state index contributed by atoms with van der Waals surface area (Å²) in [5.74, 6) is 0.209. The third-order valence-electron chi connectivity index (χ3n) is 2.82. The van der Waals surface area contributed by atoms with E-state index in [-0.39, 0.29) is 11.9 Å². The molecule has 0 saturated heterocycles. The Morgan fingerprint density at radius 1 is 1.29 bits per heavy atom. The number of nitrogens with one attached hydrogen (secondary N) is 1. The van der Waals surface area contributed by atoms with Crippen molar-refractivity contribution in [2.24, 2.45) is 5.92 Å². The van der Waals surface area contributed by atoms with Gasteiger partial charge in [0.25, 0.3) is 0 Å². The van der Waals surface area contributed by atoms with Crippen molar-refractivity contribution in [3.05, 3.63) is 35.9 Å². The molecule has 0 radical (unpaired) electrons. The maximum atomic E-state index is 11.2. The molecule has 17 heavy (non-hydrogen) atoms. The summed E-state index contributed by atoms with van der Waals surface area (Å²) in [6, 6.07) is 10.3. The van der Waals surface area contributed by atoms with Crippen molar-refractivity contribution in [2.75, 3.05) is 13.2 Å². The molecule has 1 aromatic carbocycles. The van der Waals surface area contributed by atoms with Crippen molar-refractivity contribution in [3.8, 4) is 0 Å². The lowest BCUT2D eigenvalue weighted by molar-refractivity contribution is -0.145. The Morgan fingerprint density at radius 3 is 2.76 bits per heavy atom. The quantitative estimate of drug-likeness (QED) is 0.579. The van der Waals surface area contributed by atoms with E-state index in [0.717, 1.165) is 32.4 Å². The second-order valence-electron chi connectivity index (χ2n) is 4.46. The standard InChI is InChI=1S/C14H19NO2/c16-14(13-7-8-13)17-10-4-9-15-11-12-5-2-1-3-6-12/h1-3,5-6,13,15H,4,7-11H2. The van der Waals surface area contributed by atoms with E-state index in [4.69, 9.17) is 4.74 Å². The molecule has 0 aliphatic heterocycles. The maximum Gasteiger partial charge on any atom is 0.308 e. The molecule has 3 heteroatoms. The summed E-state index contributed by atoms with van der Waals surface area (Å²) in [5, 5.41) is 3.33. The minimum absolute atomic E-state index is 0.00643. The fourth-order valence-electron chi connectivity index (χ4n) is 1.64. The van der Waals surface area contributed by atoms with Crippen LogP contribution in [-0.2, 0) is 16.1 Å². The van der Waals surface area contributed by atoms with Crippen LogP contribution in [0.3, 0.4) is 0 Å². The molecule has 0 unspecified atom stereocenters. The highest BCUT2D eigenvalue weighted by Gasteiger charge is 2.30. The Bertz CT molecular complexity index is 346. The number of benzene rings is 1. The molecular weight excluding hydrogens is 214 g/mol. The third-order valence-corrected chi connectivity index (χ3v) is 2.82. The fourth-order valence-corrected chi connectivity index (χ4v) is 1.64. The highest BCUT2D eigenvalue weighted by Crippen LogP contribution is 2.29. The predicted octanol–water partition coefficient (Wildman–Crippen LogP) is 2.12. The van der Waals surface area contributed by atoms with Gasteiger partial charge in [-0.05, 0) is 31.4 Å².